The average Bonchev–Trinajstić information content (AvgIpc) is 2.40. The van der Waals surface area contributed by atoms with Gasteiger partial charge in [0.05, 0.1) is 19.1 Å². The lowest BCUT2D eigenvalue weighted by molar-refractivity contribution is -0.147. The third-order valence-electron chi connectivity index (χ3n) is 3.01. The number of hydrogen-bond acceptors (Lipinski definition) is 3. The maximum atomic E-state index is 11.4. The van der Waals surface area contributed by atoms with E-state index in [-0.39, 0.29) is 11.9 Å². The predicted molar refractivity (Wildman–Crippen MR) is 76.3 cm³/mol. The van der Waals surface area contributed by atoms with Crippen molar-refractivity contribution < 1.29 is 14.3 Å². The van der Waals surface area contributed by atoms with Gasteiger partial charge in [0.15, 0.2) is 0 Å². The standard InChI is InChI=1S/C16H24O3/c1-4-18-16(17)14(3)7-5-6-12-19-15-10-8-13(2)9-11-15/h8-11,14H,4-7,12H2,1-3H3. The Balaban J connectivity index is 2.11. The van der Waals surface area contributed by atoms with Gasteiger partial charge in [0.2, 0.25) is 0 Å². The summed E-state index contributed by atoms with van der Waals surface area (Å²) in [7, 11) is 0. The highest BCUT2D eigenvalue weighted by atomic mass is 16.5. The summed E-state index contributed by atoms with van der Waals surface area (Å²) < 4.78 is 10.6. The number of unbranched alkanes of at least 4 members (excludes halogenated alkanes) is 1. The first-order valence-corrected chi connectivity index (χ1v) is 6.99. The summed E-state index contributed by atoms with van der Waals surface area (Å²) >= 11 is 0. The molecule has 0 heterocycles. The van der Waals surface area contributed by atoms with E-state index in [1.54, 1.807) is 0 Å². The van der Waals surface area contributed by atoms with Crippen LogP contribution in [0.5, 0.6) is 5.75 Å². The Kier molecular flexibility index (Phi) is 7.01. The third-order valence-corrected chi connectivity index (χ3v) is 3.01. The third kappa shape index (κ3) is 6.27. The fraction of sp³-hybridized carbons (Fsp3) is 0.562. The molecule has 0 aliphatic rings. The van der Waals surface area contributed by atoms with Crippen LogP contribution in [0.4, 0.5) is 0 Å². The zero-order valence-corrected chi connectivity index (χ0v) is 12.1. The van der Waals surface area contributed by atoms with Gasteiger partial charge in [0, 0.05) is 0 Å². The van der Waals surface area contributed by atoms with Gasteiger partial charge in [-0.25, -0.2) is 0 Å². The molecule has 0 spiro atoms. The molecule has 0 radical (unpaired) electrons. The highest BCUT2D eigenvalue weighted by molar-refractivity contribution is 5.71. The number of esters is 1. The van der Waals surface area contributed by atoms with Crippen LogP contribution >= 0.6 is 0 Å². The molecule has 106 valence electrons. The Labute approximate surface area is 115 Å². The van der Waals surface area contributed by atoms with Gasteiger partial charge in [-0.3, -0.25) is 4.79 Å². The van der Waals surface area contributed by atoms with Gasteiger partial charge in [0.1, 0.15) is 5.75 Å². The summed E-state index contributed by atoms with van der Waals surface area (Å²) in [6.07, 6.45) is 2.79. The van der Waals surface area contributed by atoms with Crippen LogP contribution in [0.2, 0.25) is 0 Å². The number of ether oxygens (including phenoxy) is 2. The van der Waals surface area contributed by atoms with E-state index in [4.69, 9.17) is 9.47 Å². The topological polar surface area (TPSA) is 35.5 Å². The van der Waals surface area contributed by atoms with E-state index in [0.29, 0.717) is 13.2 Å². The lowest BCUT2D eigenvalue weighted by Crippen LogP contribution is -2.14. The Bertz CT molecular complexity index is 370. The van der Waals surface area contributed by atoms with Crippen LogP contribution in [0.15, 0.2) is 24.3 Å². The minimum Gasteiger partial charge on any atom is -0.494 e. The number of rotatable bonds is 8. The summed E-state index contributed by atoms with van der Waals surface area (Å²) in [5, 5.41) is 0. The van der Waals surface area contributed by atoms with E-state index in [9.17, 15) is 4.79 Å². The SMILES string of the molecule is CCOC(=O)C(C)CCCCOc1ccc(C)cc1. The number of aryl methyl sites for hydroxylation is 1. The molecule has 1 atom stereocenters. The molecule has 0 saturated carbocycles. The Hall–Kier alpha value is -1.51. The summed E-state index contributed by atoms with van der Waals surface area (Å²) in [5.74, 6) is 0.797. The van der Waals surface area contributed by atoms with E-state index in [0.717, 1.165) is 25.0 Å². The minimum absolute atomic E-state index is 0.0145. The second kappa shape index (κ2) is 8.57. The summed E-state index contributed by atoms with van der Waals surface area (Å²) in [6.45, 7) is 6.96. The Morgan fingerprint density at radius 3 is 2.53 bits per heavy atom. The largest absolute Gasteiger partial charge is 0.494 e. The molecule has 3 heteroatoms. The van der Waals surface area contributed by atoms with Crippen molar-refractivity contribution >= 4 is 5.97 Å². The summed E-state index contributed by atoms with van der Waals surface area (Å²) in [6, 6.07) is 8.05. The summed E-state index contributed by atoms with van der Waals surface area (Å²) in [5.41, 5.74) is 1.23. The molecule has 0 fully saturated rings. The van der Waals surface area contributed by atoms with Gasteiger partial charge in [-0.05, 0) is 45.2 Å². The van der Waals surface area contributed by atoms with Crippen LogP contribution in [-0.2, 0) is 9.53 Å². The highest BCUT2D eigenvalue weighted by Crippen LogP contribution is 2.13. The number of hydrogen-bond donors (Lipinski definition) is 0. The van der Waals surface area contributed by atoms with Crippen LogP contribution in [0.25, 0.3) is 0 Å². The van der Waals surface area contributed by atoms with Crippen molar-refractivity contribution in [3.63, 3.8) is 0 Å². The van der Waals surface area contributed by atoms with Crippen LogP contribution in [0.3, 0.4) is 0 Å². The maximum Gasteiger partial charge on any atom is 0.308 e. The van der Waals surface area contributed by atoms with Crippen molar-refractivity contribution in [1.82, 2.24) is 0 Å². The predicted octanol–water partition coefficient (Wildman–Crippen LogP) is 3.74. The van der Waals surface area contributed by atoms with Gasteiger partial charge in [-0.2, -0.15) is 0 Å². The molecule has 0 aliphatic carbocycles. The maximum absolute atomic E-state index is 11.4. The molecular formula is C16H24O3. The van der Waals surface area contributed by atoms with Gasteiger partial charge in [-0.15, -0.1) is 0 Å². The first-order valence-electron chi connectivity index (χ1n) is 6.99. The monoisotopic (exact) mass is 264 g/mol. The van der Waals surface area contributed by atoms with Gasteiger partial charge >= 0.3 is 5.97 Å². The molecule has 1 rings (SSSR count). The van der Waals surface area contributed by atoms with E-state index in [1.807, 2.05) is 38.1 Å². The molecular weight excluding hydrogens is 240 g/mol. The Morgan fingerprint density at radius 2 is 1.89 bits per heavy atom. The molecule has 19 heavy (non-hydrogen) atoms. The van der Waals surface area contributed by atoms with Gasteiger partial charge in [0.25, 0.3) is 0 Å². The highest BCUT2D eigenvalue weighted by Gasteiger charge is 2.12. The van der Waals surface area contributed by atoms with Crippen LogP contribution < -0.4 is 4.74 Å². The number of carbonyl (C=O) groups is 1. The molecule has 0 aromatic heterocycles. The Morgan fingerprint density at radius 1 is 1.21 bits per heavy atom. The van der Waals surface area contributed by atoms with Crippen LogP contribution in [0.1, 0.15) is 38.7 Å². The van der Waals surface area contributed by atoms with Crippen molar-refractivity contribution in [2.75, 3.05) is 13.2 Å². The van der Waals surface area contributed by atoms with E-state index >= 15 is 0 Å². The first-order chi connectivity index (χ1) is 9.13. The lowest BCUT2D eigenvalue weighted by atomic mass is 10.0. The van der Waals surface area contributed by atoms with Crippen LogP contribution in [0, 0.1) is 12.8 Å². The lowest BCUT2D eigenvalue weighted by Gasteiger charge is -2.10. The second-order valence-electron chi connectivity index (χ2n) is 4.81. The van der Waals surface area contributed by atoms with Gasteiger partial charge < -0.3 is 9.47 Å². The van der Waals surface area contributed by atoms with E-state index < -0.39 is 0 Å². The van der Waals surface area contributed by atoms with Crippen molar-refractivity contribution in [2.24, 2.45) is 5.92 Å². The molecule has 0 N–H and O–H groups in total. The summed E-state index contributed by atoms with van der Waals surface area (Å²) in [4.78, 5) is 11.4. The zero-order valence-electron chi connectivity index (χ0n) is 12.1. The van der Waals surface area contributed by atoms with E-state index in [1.165, 1.54) is 5.56 Å². The quantitative estimate of drug-likeness (QED) is 0.530. The second-order valence-corrected chi connectivity index (χ2v) is 4.81. The first kappa shape index (κ1) is 15.5. The molecule has 3 nitrogen and oxygen atoms in total. The molecule has 0 amide bonds. The molecule has 0 aliphatic heterocycles. The number of benzene rings is 1. The zero-order chi connectivity index (χ0) is 14.1. The molecule has 1 aromatic rings. The van der Waals surface area contributed by atoms with Crippen LogP contribution in [-0.4, -0.2) is 19.2 Å². The van der Waals surface area contributed by atoms with Crippen molar-refractivity contribution in [2.45, 2.75) is 40.0 Å². The van der Waals surface area contributed by atoms with Crippen molar-refractivity contribution in [1.29, 1.82) is 0 Å². The minimum atomic E-state index is -0.0954. The molecule has 1 unspecified atom stereocenters. The molecule has 0 saturated heterocycles. The van der Waals surface area contributed by atoms with Gasteiger partial charge in [-0.1, -0.05) is 24.6 Å². The smallest absolute Gasteiger partial charge is 0.308 e. The average molecular weight is 264 g/mol. The van der Waals surface area contributed by atoms with E-state index in [2.05, 4.69) is 6.92 Å². The molecule has 0 bridgehead atoms. The van der Waals surface area contributed by atoms with Crippen molar-refractivity contribution in [3.05, 3.63) is 29.8 Å². The fourth-order valence-corrected chi connectivity index (χ4v) is 1.78. The molecule has 1 aromatic carbocycles. The van der Waals surface area contributed by atoms with Crippen molar-refractivity contribution in [3.8, 4) is 5.75 Å². The normalized spacial score (nSPS) is 11.9. The fourth-order valence-electron chi connectivity index (χ4n) is 1.78. The number of carbonyl (C=O) groups excluding carboxylic acids is 1.